The molecule has 0 bridgehead atoms. The average molecular weight is 352 g/mol. The van der Waals surface area contributed by atoms with Crippen LogP contribution in [0.15, 0.2) is 40.8 Å². The fourth-order valence-electron chi connectivity index (χ4n) is 2.16. The van der Waals surface area contributed by atoms with E-state index in [1.807, 2.05) is 31.1 Å². The molecule has 0 radical (unpaired) electrons. The van der Waals surface area contributed by atoms with E-state index in [1.165, 1.54) is 12.4 Å². The molecule has 7 nitrogen and oxygen atoms in total. The summed E-state index contributed by atoms with van der Waals surface area (Å²) in [7, 11) is 1.98. The molecule has 1 aliphatic rings. The summed E-state index contributed by atoms with van der Waals surface area (Å²) in [5.74, 6) is -1.27. The molecular weight excluding hydrogens is 337 g/mol. The Morgan fingerprint density at radius 1 is 1.28 bits per heavy atom. The van der Waals surface area contributed by atoms with Crippen molar-refractivity contribution in [3.63, 3.8) is 0 Å². The molecule has 25 heavy (non-hydrogen) atoms. The van der Waals surface area contributed by atoms with E-state index in [9.17, 15) is 13.2 Å². The molecule has 0 amide bonds. The Hall–Kier alpha value is -2.91. The number of likely N-dealkylation sites (N-methyl/N-ethyl adjacent to an activating group) is 1. The van der Waals surface area contributed by atoms with Gasteiger partial charge in [-0.25, -0.2) is 9.97 Å². The predicted octanol–water partition coefficient (Wildman–Crippen LogP) is 2.73. The van der Waals surface area contributed by atoms with Crippen LogP contribution >= 0.6 is 0 Å². The van der Waals surface area contributed by atoms with E-state index in [4.69, 9.17) is 0 Å². The van der Waals surface area contributed by atoms with Crippen LogP contribution in [0.2, 0.25) is 0 Å². The number of alkyl halides is 3. The highest BCUT2D eigenvalue weighted by molar-refractivity contribution is 5.52. The lowest BCUT2D eigenvalue weighted by Crippen LogP contribution is -2.23. The summed E-state index contributed by atoms with van der Waals surface area (Å²) in [5, 5.41) is 6.42. The summed E-state index contributed by atoms with van der Waals surface area (Å²) in [6.45, 7) is 2.78. The van der Waals surface area contributed by atoms with E-state index >= 15 is 0 Å². The summed E-state index contributed by atoms with van der Waals surface area (Å²) in [4.78, 5) is 13.5. The monoisotopic (exact) mass is 352 g/mol. The average Bonchev–Trinajstić information content (AvgIpc) is 3.06. The van der Waals surface area contributed by atoms with E-state index in [0.717, 1.165) is 12.1 Å². The first-order valence-electron chi connectivity index (χ1n) is 7.41. The molecular formula is C15H15F3N6O. The predicted molar refractivity (Wildman–Crippen MR) is 83.3 cm³/mol. The minimum absolute atomic E-state index is 0.0159. The Labute approximate surface area is 141 Å². The quantitative estimate of drug-likeness (QED) is 0.906. The molecule has 0 fully saturated rings. The van der Waals surface area contributed by atoms with Crippen LogP contribution in [0.5, 0.6) is 0 Å². The van der Waals surface area contributed by atoms with Crippen LogP contribution in [0.1, 0.15) is 12.8 Å². The Kier molecular flexibility index (Phi) is 4.43. The molecule has 0 aliphatic carbocycles. The number of hydrogen-bond acceptors (Lipinski definition) is 7. The Morgan fingerprint density at radius 2 is 2.00 bits per heavy atom. The van der Waals surface area contributed by atoms with Crippen LogP contribution in [-0.2, 0) is 6.18 Å². The molecule has 1 N–H and O–H groups in total. The fourth-order valence-corrected chi connectivity index (χ4v) is 2.16. The van der Waals surface area contributed by atoms with Crippen LogP contribution in [0.3, 0.4) is 0 Å². The van der Waals surface area contributed by atoms with E-state index in [1.54, 1.807) is 0 Å². The maximum absolute atomic E-state index is 12.5. The van der Waals surface area contributed by atoms with Gasteiger partial charge < -0.3 is 14.7 Å². The van der Waals surface area contributed by atoms with Crippen molar-refractivity contribution < 1.29 is 17.7 Å². The molecule has 2 aromatic heterocycles. The molecule has 0 saturated heterocycles. The van der Waals surface area contributed by atoms with E-state index in [-0.39, 0.29) is 17.4 Å². The number of rotatable bonds is 4. The van der Waals surface area contributed by atoms with Crippen LogP contribution < -0.4 is 5.32 Å². The minimum Gasteiger partial charge on any atom is -0.377 e. The number of aromatic nitrogens is 4. The first-order valence-corrected chi connectivity index (χ1v) is 7.41. The highest BCUT2D eigenvalue weighted by Crippen LogP contribution is 2.29. The van der Waals surface area contributed by atoms with Gasteiger partial charge in [-0.1, -0.05) is 11.2 Å². The normalized spacial score (nSPS) is 15.9. The molecule has 3 rings (SSSR count). The molecule has 0 spiro atoms. The molecule has 0 saturated carbocycles. The lowest BCUT2D eigenvalue weighted by Gasteiger charge is -2.21. The largest absolute Gasteiger partial charge is 0.471 e. The molecule has 3 heterocycles. The number of anilines is 1. The van der Waals surface area contributed by atoms with Gasteiger partial charge in [0.15, 0.2) is 0 Å². The summed E-state index contributed by atoms with van der Waals surface area (Å²) >= 11 is 0. The number of nitrogens with zero attached hydrogens (tertiary/aromatic N) is 5. The van der Waals surface area contributed by atoms with Crippen molar-refractivity contribution in [2.24, 2.45) is 0 Å². The lowest BCUT2D eigenvalue weighted by atomic mass is 10.1. The summed E-state index contributed by atoms with van der Waals surface area (Å²) in [5.41, 5.74) is 1.33. The standard InChI is InChI=1S/C15H15F3N6O/c1-9(10-3-5-24(2)6-4-10)21-14-19-7-11(8-20-14)12-22-13(25-23-12)15(16,17)18/h3-5,7-9H,6H2,1-2H3,(H,19,20,21). The third kappa shape index (κ3) is 3.95. The number of hydrogen-bond donors (Lipinski definition) is 1. The van der Waals surface area contributed by atoms with Crippen molar-refractivity contribution in [1.82, 2.24) is 25.0 Å². The van der Waals surface area contributed by atoms with E-state index in [0.29, 0.717) is 5.95 Å². The highest BCUT2D eigenvalue weighted by Gasteiger charge is 2.38. The van der Waals surface area contributed by atoms with Crippen molar-refractivity contribution in [2.45, 2.75) is 19.1 Å². The van der Waals surface area contributed by atoms with Crippen molar-refractivity contribution >= 4 is 5.95 Å². The summed E-state index contributed by atoms with van der Waals surface area (Å²) in [6.07, 6.45) is 4.06. The Balaban J connectivity index is 1.68. The lowest BCUT2D eigenvalue weighted by molar-refractivity contribution is -0.159. The van der Waals surface area contributed by atoms with Crippen LogP contribution in [0.25, 0.3) is 11.4 Å². The zero-order valence-corrected chi connectivity index (χ0v) is 13.4. The third-order valence-electron chi connectivity index (χ3n) is 3.56. The van der Waals surface area contributed by atoms with Gasteiger partial charge in [-0.15, -0.1) is 0 Å². The van der Waals surface area contributed by atoms with Gasteiger partial charge in [0, 0.05) is 26.0 Å². The molecule has 132 valence electrons. The smallest absolute Gasteiger partial charge is 0.377 e. The van der Waals surface area contributed by atoms with Gasteiger partial charge in [-0.2, -0.15) is 18.2 Å². The molecule has 2 aromatic rings. The summed E-state index contributed by atoms with van der Waals surface area (Å²) < 4.78 is 41.6. The van der Waals surface area contributed by atoms with Crippen molar-refractivity contribution in [1.29, 1.82) is 0 Å². The van der Waals surface area contributed by atoms with Gasteiger partial charge in [0.25, 0.3) is 0 Å². The second-order valence-electron chi connectivity index (χ2n) is 5.54. The molecule has 1 unspecified atom stereocenters. The van der Waals surface area contributed by atoms with Crippen molar-refractivity contribution in [3.8, 4) is 11.4 Å². The van der Waals surface area contributed by atoms with E-state index in [2.05, 4.69) is 36.0 Å². The second-order valence-corrected chi connectivity index (χ2v) is 5.54. The molecule has 1 aliphatic heterocycles. The zero-order chi connectivity index (χ0) is 18.0. The number of nitrogens with one attached hydrogen (secondary N) is 1. The fraction of sp³-hybridized carbons (Fsp3) is 0.333. The second kappa shape index (κ2) is 6.54. The van der Waals surface area contributed by atoms with Crippen molar-refractivity contribution in [2.75, 3.05) is 18.9 Å². The zero-order valence-electron chi connectivity index (χ0n) is 13.4. The van der Waals surface area contributed by atoms with Gasteiger partial charge in [0.05, 0.1) is 11.6 Å². The maximum Gasteiger partial charge on any atom is 0.471 e. The van der Waals surface area contributed by atoms with Gasteiger partial charge in [0.1, 0.15) is 0 Å². The highest BCUT2D eigenvalue weighted by atomic mass is 19.4. The Bertz CT molecular complexity index is 796. The van der Waals surface area contributed by atoms with Crippen LogP contribution in [0, 0.1) is 0 Å². The Morgan fingerprint density at radius 3 is 2.56 bits per heavy atom. The maximum atomic E-state index is 12.5. The molecule has 0 aromatic carbocycles. The first kappa shape index (κ1) is 16.9. The van der Waals surface area contributed by atoms with Gasteiger partial charge in [-0.3, -0.25) is 0 Å². The number of halogens is 3. The summed E-state index contributed by atoms with van der Waals surface area (Å²) in [6, 6.07) is -0.0159. The van der Waals surface area contributed by atoms with Gasteiger partial charge in [0.2, 0.25) is 11.8 Å². The van der Waals surface area contributed by atoms with Crippen LogP contribution in [-0.4, -0.2) is 44.6 Å². The van der Waals surface area contributed by atoms with Gasteiger partial charge >= 0.3 is 12.1 Å². The molecule has 1 atom stereocenters. The van der Waals surface area contributed by atoms with Gasteiger partial charge in [-0.05, 0) is 24.8 Å². The van der Waals surface area contributed by atoms with Crippen molar-refractivity contribution in [3.05, 3.63) is 42.2 Å². The van der Waals surface area contributed by atoms with Crippen LogP contribution in [0.4, 0.5) is 19.1 Å². The topological polar surface area (TPSA) is 80.0 Å². The third-order valence-corrected chi connectivity index (χ3v) is 3.56. The van der Waals surface area contributed by atoms with E-state index < -0.39 is 12.1 Å². The minimum atomic E-state index is -4.68. The first-order chi connectivity index (χ1) is 11.8. The SMILES string of the molecule is CC(Nc1ncc(-c2noc(C(F)(F)F)n2)cn1)C1=CCN(C)C=C1. The molecule has 10 heteroatoms.